The second-order valence-corrected chi connectivity index (χ2v) is 6.21. The smallest absolute Gasteiger partial charge is 0.348 e. The fourth-order valence-electron chi connectivity index (χ4n) is 2.71. The number of esters is 2. The third-order valence-electron chi connectivity index (χ3n) is 4.29. The van der Waals surface area contributed by atoms with Crippen LogP contribution in [0.4, 0.5) is 5.69 Å². The number of nitrogens with one attached hydrogen (secondary N) is 1. The number of aryl methyl sites for hydroxylation is 2. The summed E-state index contributed by atoms with van der Waals surface area (Å²) in [5.74, 6) is -1.75. The highest BCUT2D eigenvalue weighted by Gasteiger charge is 2.32. The van der Waals surface area contributed by atoms with Gasteiger partial charge in [0.15, 0.2) is 6.61 Å². The van der Waals surface area contributed by atoms with E-state index in [-0.39, 0.29) is 6.42 Å². The van der Waals surface area contributed by atoms with Gasteiger partial charge in [0.2, 0.25) is 6.10 Å². The lowest BCUT2D eigenvalue weighted by Crippen LogP contribution is -2.36. The lowest BCUT2D eigenvalue weighted by Gasteiger charge is -2.23. The Morgan fingerprint density at radius 3 is 2.69 bits per heavy atom. The van der Waals surface area contributed by atoms with Crippen LogP contribution in [0.3, 0.4) is 0 Å². The number of carbonyl (C=O) groups is 3. The molecule has 2 aromatic rings. The Labute approximate surface area is 151 Å². The van der Waals surface area contributed by atoms with Crippen molar-refractivity contribution in [2.24, 2.45) is 0 Å². The molecular formula is C20H19NO5. The maximum atomic E-state index is 12.1. The van der Waals surface area contributed by atoms with Crippen LogP contribution in [-0.2, 0) is 25.5 Å². The van der Waals surface area contributed by atoms with E-state index in [1.807, 2.05) is 26.0 Å². The van der Waals surface area contributed by atoms with Crippen LogP contribution in [-0.4, -0.2) is 30.6 Å². The molecule has 0 spiro atoms. The van der Waals surface area contributed by atoms with Crippen molar-refractivity contribution in [1.29, 1.82) is 0 Å². The molecule has 2 aromatic carbocycles. The molecule has 0 aromatic heterocycles. The molecule has 1 atom stereocenters. The molecule has 0 aliphatic carbocycles. The molecular weight excluding hydrogens is 334 g/mol. The number of carbonyl (C=O) groups excluding carboxylic acids is 3. The normalized spacial score (nSPS) is 15.6. The Balaban J connectivity index is 1.55. The molecule has 1 aliphatic rings. The zero-order valence-electron chi connectivity index (χ0n) is 14.6. The second kappa shape index (κ2) is 7.39. The maximum Gasteiger partial charge on any atom is 0.348 e. The maximum absolute atomic E-state index is 12.1. The molecule has 0 saturated carbocycles. The van der Waals surface area contributed by atoms with Gasteiger partial charge in [0.25, 0.3) is 5.91 Å². The second-order valence-electron chi connectivity index (χ2n) is 6.21. The zero-order valence-corrected chi connectivity index (χ0v) is 14.6. The molecule has 1 heterocycles. The number of cyclic esters (lactones) is 1. The van der Waals surface area contributed by atoms with Crippen molar-refractivity contribution in [1.82, 2.24) is 0 Å². The van der Waals surface area contributed by atoms with Crippen molar-refractivity contribution in [2.45, 2.75) is 26.4 Å². The van der Waals surface area contributed by atoms with E-state index in [1.165, 1.54) is 0 Å². The van der Waals surface area contributed by atoms with Gasteiger partial charge in [0.1, 0.15) is 0 Å². The molecule has 1 amide bonds. The largest absolute Gasteiger partial charge is 0.453 e. The van der Waals surface area contributed by atoms with Gasteiger partial charge in [-0.1, -0.05) is 24.3 Å². The highest BCUT2D eigenvalue weighted by molar-refractivity contribution is 5.96. The van der Waals surface area contributed by atoms with E-state index < -0.39 is 30.6 Å². The minimum atomic E-state index is -1.04. The average Bonchev–Trinajstić information content (AvgIpc) is 2.63. The highest BCUT2D eigenvalue weighted by Crippen LogP contribution is 2.21. The van der Waals surface area contributed by atoms with Crippen LogP contribution in [0.25, 0.3) is 0 Å². The number of amides is 1. The molecule has 26 heavy (non-hydrogen) atoms. The Kier molecular flexibility index (Phi) is 5.02. The van der Waals surface area contributed by atoms with Gasteiger partial charge in [-0.25, -0.2) is 9.59 Å². The van der Waals surface area contributed by atoms with Crippen molar-refractivity contribution < 1.29 is 23.9 Å². The van der Waals surface area contributed by atoms with E-state index in [1.54, 1.807) is 30.3 Å². The molecule has 0 saturated heterocycles. The quantitative estimate of drug-likeness (QED) is 0.855. The summed E-state index contributed by atoms with van der Waals surface area (Å²) in [6.45, 7) is 3.48. The molecule has 1 aliphatic heterocycles. The van der Waals surface area contributed by atoms with Crippen molar-refractivity contribution in [3.05, 3.63) is 64.7 Å². The fourth-order valence-corrected chi connectivity index (χ4v) is 2.71. The fraction of sp³-hybridized carbons (Fsp3) is 0.250. The number of rotatable bonds is 4. The van der Waals surface area contributed by atoms with Gasteiger partial charge in [-0.2, -0.15) is 0 Å². The van der Waals surface area contributed by atoms with E-state index in [0.29, 0.717) is 11.3 Å². The van der Waals surface area contributed by atoms with Crippen LogP contribution >= 0.6 is 0 Å². The number of hydrogen-bond donors (Lipinski definition) is 1. The minimum absolute atomic E-state index is 0.236. The summed E-state index contributed by atoms with van der Waals surface area (Å²) in [5.41, 5.74) is 3.97. The Morgan fingerprint density at radius 1 is 1.15 bits per heavy atom. The van der Waals surface area contributed by atoms with Gasteiger partial charge in [0, 0.05) is 12.1 Å². The van der Waals surface area contributed by atoms with Gasteiger partial charge >= 0.3 is 11.9 Å². The van der Waals surface area contributed by atoms with Crippen LogP contribution in [0.2, 0.25) is 0 Å². The molecule has 3 rings (SSSR count). The Morgan fingerprint density at radius 2 is 1.92 bits per heavy atom. The SMILES string of the molecule is Cc1ccc(NC(=O)COC(=O)C2Cc3ccccc3C(=O)O2)cc1C. The number of fused-ring (bicyclic) bond motifs is 1. The highest BCUT2D eigenvalue weighted by atomic mass is 16.6. The molecule has 1 unspecified atom stereocenters. The third-order valence-corrected chi connectivity index (χ3v) is 4.29. The third kappa shape index (κ3) is 3.91. The van der Waals surface area contributed by atoms with E-state index in [9.17, 15) is 14.4 Å². The van der Waals surface area contributed by atoms with Gasteiger partial charge in [0.05, 0.1) is 5.56 Å². The summed E-state index contributed by atoms with van der Waals surface area (Å²) in [4.78, 5) is 36.0. The standard InChI is InChI=1S/C20H19NO5/c1-12-7-8-15(9-13(12)2)21-18(22)11-25-20(24)17-10-14-5-3-4-6-16(14)19(23)26-17/h3-9,17H,10-11H2,1-2H3,(H,21,22). The predicted octanol–water partition coefficient (Wildman–Crippen LogP) is 2.57. The molecule has 6 nitrogen and oxygen atoms in total. The topological polar surface area (TPSA) is 81.7 Å². The first kappa shape index (κ1) is 17.7. The van der Waals surface area contributed by atoms with E-state index in [0.717, 1.165) is 16.7 Å². The van der Waals surface area contributed by atoms with Crippen LogP contribution < -0.4 is 5.32 Å². The molecule has 1 N–H and O–H groups in total. The number of anilines is 1. The van der Waals surface area contributed by atoms with Crippen molar-refractivity contribution in [3.8, 4) is 0 Å². The molecule has 0 bridgehead atoms. The number of benzene rings is 2. The van der Waals surface area contributed by atoms with E-state index >= 15 is 0 Å². The van der Waals surface area contributed by atoms with Gasteiger partial charge in [-0.3, -0.25) is 4.79 Å². The monoisotopic (exact) mass is 353 g/mol. The van der Waals surface area contributed by atoms with E-state index in [2.05, 4.69) is 5.32 Å². The first-order valence-electron chi connectivity index (χ1n) is 8.26. The summed E-state index contributed by atoms with van der Waals surface area (Å²) in [7, 11) is 0. The summed E-state index contributed by atoms with van der Waals surface area (Å²) in [6.07, 6.45) is -0.800. The van der Waals surface area contributed by atoms with E-state index in [4.69, 9.17) is 9.47 Å². The lowest BCUT2D eigenvalue weighted by atomic mass is 9.99. The van der Waals surface area contributed by atoms with Crippen molar-refractivity contribution in [2.75, 3.05) is 11.9 Å². The van der Waals surface area contributed by atoms with Gasteiger partial charge < -0.3 is 14.8 Å². The number of hydrogen-bond acceptors (Lipinski definition) is 5. The van der Waals surface area contributed by atoms with Crippen LogP contribution in [0, 0.1) is 13.8 Å². The van der Waals surface area contributed by atoms with Crippen molar-refractivity contribution >= 4 is 23.5 Å². The predicted molar refractivity (Wildman–Crippen MR) is 94.9 cm³/mol. The van der Waals surface area contributed by atoms with Crippen LogP contribution in [0.1, 0.15) is 27.0 Å². The molecule has 6 heteroatoms. The first-order valence-corrected chi connectivity index (χ1v) is 8.26. The van der Waals surface area contributed by atoms with Crippen molar-refractivity contribution in [3.63, 3.8) is 0 Å². The molecule has 0 radical (unpaired) electrons. The van der Waals surface area contributed by atoms with Crippen LogP contribution in [0.5, 0.6) is 0 Å². The van der Waals surface area contributed by atoms with Gasteiger partial charge in [-0.05, 0) is 48.7 Å². The lowest BCUT2D eigenvalue weighted by molar-refractivity contribution is -0.156. The molecule has 134 valence electrons. The van der Waals surface area contributed by atoms with Crippen LogP contribution in [0.15, 0.2) is 42.5 Å². The molecule has 0 fully saturated rings. The first-order chi connectivity index (χ1) is 12.4. The summed E-state index contributed by atoms with van der Waals surface area (Å²) < 4.78 is 10.1. The summed E-state index contributed by atoms with van der Waals surface area (Å²) in [6, 6.07) is 12.5. The zero-order chi connectivity index (χ0) is 18.7. The Hall–Kier alpha value is -3.15. The summed E-state index contributed by atoms with van der Waals surface area (Å²) in [5, 5.41) is 2.67. The number of ether oxygens (including phenoxy) is 2. The summed E-state index contributed by atoms with van der Waals surface area (Å²) >= 11 is 0. The average molecular weight is 353 g/mol. The Bertz CT molecular complexity index is 874. The minimum Gasteiger partial charge on any atom is -0.453 e. The van der Waals surface area contributed by atoms with Gasteiger partial charge in [-0.15, -0.1) is 0 Å².